The number of carbonyl (C=O) groups excluding carboxylic acids is 2. The van der Waals surface area contributed by atoms with Gasteiger partial charge in [-0.1, -0.05) is 0 Å². The molecule has 0 spiro atoms. The lowest BCUT2D eigenvalue weighted by Crippen LogP contribution is -2.57. The topological polar surface area (TPSA) is 90.0 Å². The van der Waals surface area contributed by atoms with E-state index < -0.39 is 17.5 Å². The minimum Gasteiger partial charge on any atom is -0.480 e. The van der Waals surface area contributed by atoms with Gasteiger partial charge in [-0.15, -0.1) is 0 Å². The molecule has 3 amide bonds. The molecule has 0 aliphatic heterocycles. The number of hydrogen-bond acceptors (Lipinski definition) is 3. The molecule has 0 aromatic heterocycles. The van der Waals surface area contributed by atoms with Crippen LogP contribution in [0.5, 0.6) is 0 Å². The summed E-state index contributed by atoms with van der Waals surface area (Å²) in [5, 5.41) is 11.5. The Morgan fingerprint density at radius 2 is 1.78 bits per heavy atom. The predicted molar refractivity (Wildman–Crippen MR) is 66.2 cm³/mol. The van der Waals surface area contributed by atoms with Crippen LogP contribution >= 0.6 is 0 Å². The number of rotatable bonds is 5. The number of nitrogens with zero attached hydrogens (tertiary/aromatic N) is 2. The van der Waals surface area contributed by atoms with Crippen molar-refractivity contribution in [1.82, 2.24) is 15.1 Å². The van der Waals surface area contributed by atoms with Crippen LogP contribution in [0.15, 0.2) is 0 Å². The molecular formula is C11H21N3O4. The first-order valence-electron chi connectivity index (χ1n) is 5.65. The van der Waals surface area contributed by atoms with Crippen molar-refractivity contribution in [2.24, 2.45) is 0 Å². The lowest BCUT2D eigenvalue weighted by Gasteiger charge is -2.36. The first-order chi connectivity index (χ1) is 8.18. The highest BCUT2D eigenvalue weighted by atomic mass is 16.4. The van der Waals surface area contributed by atoms with Gasteiger partial charge in [0.2, 0.25) is 5.91 Å². The summed E-state index contributed by atoms with van der Waals surface area (Å²) in [6.45, 7) is 4.73. The van der Waals surface area contributed by atoms with E-state index in [-0.39, 0.29) is 19.0 Å². The average Bonchev–Trinajstić information content (AvgIpc) is 2.28. The Bertz CT molecular complexity index is 341. The Labute approximate surface area is 107 Å². The van der Waals surface area contributed by atoms with Crippen LogP contribution in [0.2, 0.25) is 0 Å². The van der Waals surface area contributed by atoms with Gasteiger partial charge in [0, 0.05) is 20.6 Å². The monoisotopic (exact) mass is 259 g/mol. The largest absolute Gasteiger partial charge is 0.480 e. The third-order valence-electron chi connectivity index (χ3n) is 2.73. The molecule has 0 saturated heterocycles. The van der Waals surface area contributed by atoms with Crippen molar-refractivity contribution in [2.75, 3.05) is 27.2 Å². The summed E-state index contributed by atoms with van der Waals surface area (Å²) < 4.78 is 0. The first-order valence-corrected chi connectivity index (χ1v) is 5.65. The molecule has 7 heteroatoms. The quantitative estimate of drug-likeness (QED) is 0.725. The van der Waals surface area contributed by atoms with Crippen molar-refractivity contribution < 1.29 is 19.5 Å². The second-order valence-corrected chi connectivity index (χ2v) is 4.42. The normalized spacial score (nSPS) is 10.7. The van der Waals surface area contributed by atoms with Gasteiger partial charge < -0.3 is 20.2 Å². The van der Waals surface area contributed by atoms with Crippen LogP contribution in [0.25, 0.3) is 0 Å². The summed E-state index contributed by atoms with van der Waals surface area (Å²) >= 11 is 0. The van der Waals surface area contributed by atoms with Gasteiger partial charge in [-0.25, -0.2) is 9.59 Å². The molecule has 0 aromatic rings. The van der Waals surface area contributed by atoms with Crippen molar-refractivity contribution in [3.63, 3.8) is 0 Å². The second kappa shape index (κ2) is 6.23. The number of carboxylic acid groups (broad SMARTS) is 1. The molecule has 0 saturated carbocycles. The van der Waals surface area contributed by atoms with Crippen LogP contribution in [-0.4, -0.2) is 65.5 Å². The summed E-state index contributed by atoms with van der Waals surface area (Å²) in [4.78, 5) is 36.8. The lowest BCUT2D eigenvalue weighted by atomic mass is 10.0. The maximum atomic E-state index is 12.1. The molecule has 0 fully saturated rings. The highest BCUT2D eigenvalue weighted by Crippen LogP contribution is 2.16. The Morgan fingerprint density at radius 3 is 2.11 bits per heavy atom. The van der Waals surface area contributed by atoms with Crippen molar-refractivity contribution in [3.8, 4) is 0 Å². The van der Waals surface area contributed by atoms with Crippen LogP contribution in [0.1, 0.15) is 20.8 Å². The maximum Gasteiger partial charge on any atom is 0.329 e. The smallest absolute Gasteiger partial charge is 0.329 e. The number of likely N-dealkylation sites (N-methyl/N-ethyl adjacent to an activating group) is 3. The van der Waals surface area contributed by atoms with Gasteiger partial charge >= 0.3 is 12.0 Å². The van der Waals surface area contributed by atoms with E-state index in [4.69, 9.17) is 5.11 Å². The SMILES string of the molecule is CCN(C(=O)N(C)CC(=O)NC)C(C)(C)C(=O)O. The minimum absolute atomic E-state index is 0.110. The third kappa shape index (κ3) is 3.61. The molecule has 104 valence electrons. The summed E-state index contributed by atoms with van der Waals surface area (Å²) in [6.07, 6.45) is 0. The molecular weight excluding hydrogens is 238 g/mol. The van der Waals surface area contributed by atoms with Gasteiger partial charge in [-0.05, 0) is 20.8 Å². The number of hydrogen-bond donors (Lipinski definition) is 2. The fourth-order valence-corrected chi connectivity index (χ4v) is 1.45. The average molecular weight is 259 g/mol. The number of amides is 3. The van der Waals surface area contributed by atoms with E-state index in [0.717, 1.165) is 0 Å². The van der Waals surface area contributed by atoms with E-state index in [1.54, 1.807) is 6.92 Å². The fourth-order valence-electron chi connectivity index (χ4n) is 1.45. The molecule has 0 atom stereocenters. The van der Waals surface area contributed by atoms with E-state index in [1.165, 1.54) is 37.7 Å². The molecule has 0 unspecified atom stereocenters. The van der Waals surface area contributed by atoms with E-state index >= 15 is 0 Å². The Balaban J connectivity index is 4.92. The van der Waals surface area contributed by atoms with Crippen LogP contribution < -0.4 is 5.32 Å². The summed E-state index contributed by atoms with van der Waals surface area (Å²) in [6, 6.07) is -0.492. The van der Waals surface area contributed by atoms with Crippen LogP contribution in [0.4, 0.5) is 4.79 Å². The van der Waals surface area contributed by atoms with E-state index in [9.17, 15) is 14.4 Å². The van der Waals surface area contributed by atoms with Crippen molar-refractivity contribution >= 4 is 17.9 Å². The highest BCUT2D eigenvalue weighted by Gasteiger charge is 2.38. The molecule has 0 rings (SSSR count). The summed E-state index contributed by atoms with van der Waals surface area (Å²) in [5.74, 6) is -1.40. The summed E-state index contributed by atoms with van der Waals surface area (Å²) in [7, 11) is 2.93. The van der Waals surface area contributed by atoms with Crippen molar-refractivity contribution in [3.05, 3.63) is 0 Å². The van der Waals surface area contributed by atoms with Gasteiger partial charge in [0.1, 0.15) is 12.1 Å². The molecule has 0 heterocycles. The number of nitrogens with one attached hydrogen (secondary N) is 1. The first kappa shape index (κ1) is 16.2. The number of urea groups is 1. The van der Waals surface area contributed by atoms with Crippen LogP contribution in [0, 0.1) is 0 Å². The van der Waals surface area contributed by atoms with Gasteiger partial charge in [0.05, 0.1) is 0 Å². The van der Waals surface area contributed by atoms with E-state index in [2.05, 4.69) is 5.32 Å². The molecule has 0 bridgehead atoms. The zero-order valence-corrected chi connectivity index (χ0v) is 11.5. The van der Waals surface area contributed by atoms with Crippen LogP contribution in [0.3, 0.4) is 0 Å². The Hall–Kier alpha value is -1.79. The van der Waals surface area contributed by atoms with Gasteiger partial charge in [-0.3, -0.25) is 4.79 Å². The minimum atomic E-state index is -1.32. The number of aliphatic carboxylic acids is 1. The molecule has 2 N–H and O–H groups in total. The van der Waals surface area contributed by atoms with Crippen molar-refractivity contribution in [2.45, 2.75) is 26.3 Å². The summed E-state index contributed by atoms with van der Waals surface area (Å²) in [5.41, 5.74) is -1.32. The number of carboxylic acids is 1. The lowest BCUT2D eigenvalue weighted by molar-refractivity contribution is -0.147. The number of carbonyl (C=O) groups is 3. The maximum absolute atomic E-state index is 12.1. The van der Waals surface area contributed by atoms with E-state index in [1.807, 2.05) is 0 Å². The van der Waals surface area contributed by atoms with Gasteiger partial charge in [0.25, 0.3) is 0 Å². The zero-order chi connectivity index (χ0) is 14.5. The molecule has 0 radical (unpaired) electrons. The van der Waals surface area contributed by atoms with Gasteiger partial charge in [0.15, 0.2) is 0 Å². The second-order valence-electron chi connectivity index (χ2n) is 4.42. The van der Waals surface area contributed by atoms with E-state index in [0.29, 0.717) is 0 Å². The molecule has 7 nitrogen and oxygen atoms in total. The third-order valence-corrected chi connectivity index (χ3v) is 2.73. The standard InChI is InChI=1S/C11H21N3O4/c1-6-14(11(2,3)9(16)17)10(18)13(5)7-8(15)12-4/h6-7H2,1-5H3,(H,12,15)(H,16,17). The Morgan fingerprint density at radius 1 is 1.28 bits per heavy atom. The molecule has 18 heavy (non-hydrogen) atoms. The predicted octanol–water partition coefficient (Wildman–Crippen LogP) is -0.0307. The highest BCUT2D eigenvalue weighted by molar-refractivity contribution is 5.88. The van der Waals surface area contributed by atoms with Crippen molar-refractivity contribution in [1.29, 1.82) is 0 Å². The van der Waals surface area contributed by atoms with Crippen LogP contribution in [-0.2, 0) is 9.59 Å². The van der Waals surface area contributed by atoms with Gasteiger partial charge in [-0.2, -0.15) is 0 Å². The molecule has 0 aliphatic carbocycles. The Kier molecular flexibility index (Phi) is 5.61. The molecule has 0 aromatic carbocycles. The zero-order valence-electron chi connectivity index (χ0n) is 11.5. The fraction of sp³-hybridized carbons (Fsp3) is 0.727. The molecule has 0 aliphatic rings.